The van der Waals surface area contributed by atoms with Crippen LogP contribution < -0.4 is 5.56 Å². The fourth-order valence-electron chi connectivity index (χ4n) is 3.56. The van der Waals surface area contributed by atoms with E-state index >= 15 is 0 Å². The molecule has 0 aliphatic rings. The van der Waals surface area contributed by atoms with E-state index in [0.29, 0.717) is 11.9 Å². The lowest BCUT2D eigenvalue weighted by Crippen LogP contribution is -2.35. The van der Waals surface area contributed by atoms with Gasteiger partial charge in [-0.2, -0.15) is 5.10 Å². The highest BCUT2D eigenvalue weighted by Crippen LogP contribution is 2.19. The molecule has 3 aromatic carbocycles. The van der Waals surface area contributed by atoms with Crippen molar-refractivity contribution in [2.24, 2.45) is 0 Å². The van der Waals surface area contributed by atoms with Gasteiger partial charge in [0.2, 0.25) is 5.91 Å². The minimum Gasteiger partial charge on any atom is -0.340 e. The first-order valence-electron chi connectivity index (χ1n) is 9.88. The minimum absolute atomic E-state index is 0.0803. The summed E-state index contributed by atoms with van der Waals surface area (Å²) >= 11 is 0. The molecule has 150 valence electrons. The predicted octanol–water partition coefficient (Wildman–Crippen LogP) is 4.03. The third-order valence-electron chi connectivity index (χ3n) is 5.24. The van der Waals surface area contributed by atoms with Crippen LogP contribution in [0.4, 0.5) is 0 Å². The molecule has 0 aliphatic carbocycles. The number of likely N-dealkylation sites (N-methyl/N-ethyl adjacent to an activating group) is 1. The van der Waals surface area contributed by atoms with Gasteiger partial charge >= 0.3 is 0 Å². The van der Waals surface area contributed by atoms with Crippen LogP contribution in [-0.4, -0.2) is 27.6 Å². The van der Waals surface area contributed by atoms with E-state index in [9.17, 15) is 9.59 Å². The van der Waals surface area contributed by atoms with Crippen LogP contribution in [0, 0.1) is 6.92 Å². The van der Waals surface area contributed by atoms with E-state index in [4.69, 9.17) is 0 Å². The zero-order valence-electron chi connectivity index (χ0n) is 17.1. The van der Waals surface area contributed by atoms with Crippen molar-refractivity contribution in [1.29, 1.82) is 0 Å². The van der Waals surface area contributed by atoms with Crippen LogP contribution in [0.1, 0.15) is 11.3 Å². The summed E-state index contributed by atoms with van der Waals surface area (Å²) in [4.78, 5) is 27.1. The van der Waals surface area contributed by atoms with Crippen molar-refractivity contribution in [3.63, 3.8) is 0 Å². The van der Waals surface area contributed by atoms with Crippen molar-refractivity contribution in [3.05, 3.63) is 100 Å². The standard InChI is InChI=1S/C25H23N3O2/c1-18-22-10-6-7-11-23(22)25(30)28(26-18)17-24(29)27(2)16-19-12-14-21(15-13-19)20-8-4-3-5-9-20/h3-15H,16-17H2,1-2H3. The highest BCUT2D eigenvalue weighted by atomic mass is 16.2. The Labute approximate surface area is 175 Å². The lowest BCUT2D eigenvalue weighted by atomic mass is 10.0. The maximum absolute atomic E-state index is 12.7. The van der Waals surface area contributed by atoms with Gasteiger partial charge in [0.25, 0.3) is 5.56 Å². The second-order valence-electron chi connectivity index (χ2n) is 7.41. The molecule has 0 saturated carbocycles. The number of rotatable bonds is 5. The number of aromatic nitrogens is 2. The number of fused-ring (bicyclic) bond motifs is 1. The van der Waals surface area contributed by atoms with E-state index < -0.39 is 0 Å². The van der Waals surface area contributed by atoms with E-state index in [-0.39, 0.29) is 18.0 Å². The van der Waals surface area contributed by atoms with Gasteiger partial charge in [-0.05, 0) is 29.7 Å². The smallest absolute Gasteiger partial charge is 0.275 e. The number of nitrogens with zero attached hydrogens (tertiary/aromatic N) is 3. The highest BCUT2D eigenvalue weighted by Gasteiger charge is 2.14. The first kappa shape index (κ1) is 19.6. The Hall–Kier alpha value is -3.73. The molecule has 4 rings (SSSR count). The molecule has 5 heteroatoms. The maximum Gasteiger partial charge on any atom is 0.275 e. The molecule has 0 aliphatic heterocycles. The largest absolute Gasteiger partial charge is 0.340 e. The Kier molecular flexibility index (Phi) is 5.44. The average molecular weight is 397 g/mol. The molecule has 30 heavy (non-hydrogen) atoms. The molecular formula is C25H23N3O2. The molecule has 1 aromatic heterocycles. The maximum atomic E-state index is 12.7. The van der Waals surface area contributed by atoms with Gasteiger partial charge < -0.3 is 4.90 Å². The van der Waals surface area contributed by atoms with Gasteiger partial charge in [-0.1, -0.05) is 72.8 Å². The van der Waals surface area contributed by atoms with Crippen LogP contribution in [0.2, 0.25) is 0 Å². The third kappa shape index (κ3) is 4.01. The molecule has 0 N–H and O–H groups in total. The second-order valence-corrected chi connectivity index (χ2v) is 7.41. The Morgan fingerprint density at radius 2 is 1.47 bits per heavy atom. The van der Waals surface area contributed by atoms with Crippen molar-refractivity contribution >= 4 is 16.7 Å². The molecule has 0 fully saturated rings. The molecule has 5 nitrogen and oxygen atoms in total. The average Bonchev–Trinajstić information content (AvgIpc) is 2.78. The van der Waals surface area contributed by atoms with E-state index in [2.05, 4.69) is 29.4 Å². The van der Waals surface area contributed by atoms with E-state index in [1.165, 1.54) is 4.68 Å². The molecule has 0 bridgehead atoms. The highest BCUT2D eigenvalue weighted by molar-refractivity contribution is 5.83. The SMILES string of the molecule is Cc1nn(CC(=O)N(C)Cc2ccc(-c3ccccc3)cc2)c(=O)c2ccccc12. The van der Waals surface area contributed by atoms with Crippen molar-refractivity contribution < 1.29 is 4.79 Å². The van der Waals surface area contributed by atoms with Crippen LogP contribution in [0.25, 0.3) is 21.9 Å². The lowest BCUT2D eigenvalue weighted by molar-refractivity contribution is -0.131. The zero-order valence-corrected chi connectivity index (χ0v) is 17.1. The number of carbonyl (C=O) groups is 1. The molecular weight excluding hydrogens is 374 g/mol. The van der Waals surface area contributed by atoms with Gasteiger partial charge in [0.15, 0.2) is 0 Å². The van der Waals surface area contributed by atoms with Gasteiger partial charge in [0.05, 0.1) is 11.1 Å². The number of carbonyl (C=O) groups excluding carboxylic acids is 1. The summed E-state index contributed by atoms with van der Waals surface area (Å²) in [7, 11) is 1.74. The van der Waals surface area contributed by atoms with E-state index in [0.717, 1.165) is 27.8 Å². The van der Waals surface area contributed by atoms with Crippen molar-refractivity contribution in [2.75, 3.05) is 7.05 Å². The summed E-state index contributed by atoms with van der Waals surface area (Å²) in [6.45, 7) is 2.24. The van der Waals surface area contributed by atoms with Crippen molar-refractivity contribution in [2.45, 2.75) is 20.0 Å². The van der Waals surface area contributed by atoms with Crippen LogP contribution in [-0.2, 0) is 17.9 Å². The fraction of sp³-hybridized carbons (Fsp3) is 0.160. The first-order valence-corrected chi connectivity index (χ1v) is 9.88. The minimum atomic E-state index is -0.245. The molecule has 0 unspecified atom stereocenters. The number of aryl methyl sites for hydroxylation is 1. The van der Waals surface area contributed by atoms with Gasteiger partial charge in [-0.25, -0.2) is 4.68 Å². The predicted molar refractivity (Wildman–Crippen MR) is 119 cm³/mol. The number of benzene rings is 3. The van der Waals surface area contributed by atoms with Crippen LogP contribution in [0.15, 0.2) is 83.7 Å². The Morgan fingerprint density at radius 3 is 2.17 bits per heavy atom. The number of hydrogen-bond donors (Lipinski definition) is 0. The third-order valence-corrected chi connectivity index (χ3v) is 5.24. The monoisotopic (exact) mass is 397 g/mol. The van der Waals surface area contributed by atoms with E-state index in [1.54, 1.807) is 18.0 Å². The van der Waals surface area contributed by atoms with Crippen LogP contribution in [0.3, 0.4) is 0 Å². The summed E-state index contributed by atoms with van der Waals surface area (Å²) in [6.07, 6.45) is 0. The molecule has 1 amide bonds. The summed E-state index contributed by atoms with van der Waals surface area (Å²) in [5.74, 6) is -0.161. The summed E-state index contributed by atoms with van der Waals surface area (Å²) < 4.78 is 1.26. The normalized spacial score (nSPS) is 10.9. The lowest BCUT2D eigenvalue weighted by Gasteiger charge is -2.18. The van der Waals surface area contributed by atoms with E-state index in [1.807, 2.05) is 55.5 Å². The molecule has 0 saturated heterocycles. The van der Waals surface area contributed by atoms with Crippen molar-refractivity contribution in [3.8, 4) is 11.1 Å². The summed E-state index contributed by atoms with van der Waals surface area (Å²) in [5.41, 5.74) is 3.81. The van der Waals surface area contributed by atoms with Crippen molar-refractivity contribution in [1.82, 2.24) is 14.7 Å². The first-order chi connectivity index (χ1) is 14.5. The summed E-state index contributed by atoms with van der Waals surface area (Å²) in [6, 6.07) is 25.7. The van der Waals surface area contributed by atoms with Gasteiger partial charge in [0.1, 0.15) is 6.54 Å². The molecule has 0 radical (unpaired) electrons. The van der Waals surface area contributed by atoms with Gasteiger partial charge in [-0.15, -0.1) is 0 Å². The topological polar surface area (TPSA) is 55.2 Å². The fourth-order valence-corrected chi connectivity index (χ4v) is 3.56. The quantitative estimate of drug-likeness (QED) is 0.511. The Morgan fingerprint density at radius 1 is 0.867 bits per heavy atom. The zero-order chi connectivity index (χ0) is 21.1. The molecule has 4 aromatic rings. The van der Waals surface area contributed by atoms with Crippen LogP contribution in [0.5, 0.6) is 0 Å². The Bertz CT molecular complexity index is 1250. The number of amides is 1. The van der Waals surface area contributed by atoms with Crippen LogP contribution >= 0.6 is 0 Å². The Balaban J connectivity index is 1.47. The summed E-state index contributed by atoms with van der Waals surface area (Å²) in [5, 5.41) is 5.73. The van der Waals surface area contributed by atoms with Gasteiger partial charge in [0, 0.05) is 19.0 Å². The molecule has 0 atom stereocenters. The second kappa shape index (κ2) is 8.33. The number of hydrogen-bond acceptors (Lipinski definition) is 3. The van der Waals surface area contributed by atoms with Gasteiger partial charge in [-0.3, -0.25) is 9.59 Å². The molecule has 1 heterocycles. The molecule has 0 spiro atoms.